The first kappa shape index (κ1) is 10.7. The van der Waals surface area contributed by atoms with Gasteiger partial charge >= 0.3 is 0 Å². The predicted octanol–water partition coefficient (Wildman–Crippen LogP) is 2.94. The number of hydrogen-bond donors (Lipinski definition) is 0. The zero-order chi connectivity index (χ0) is 11.4. The molecule has 0 fully saturated rings. The maximum Gasteiger partial charge on any atom is 0.141 e. The van der Waals surface area contributed by atoms with Crippen LogP contribution >= 0.6 is 0 Å². The van der Waals surface area contributed by atoms with Gasteiger partial charge in [0, 0.05) is 12.8 Å². The molecule has 1 heterocycles. The van der Waals surface area contributed by atoms with Crippen molar-refractivity contribution < 1.29 is 9.21 Å². The van der Waals surface area contributed by atoms with E-state index in [9.17, 15) is 4.79 Å². The molecule has 2 aromatic rings. The van der Waals surface area contributed by atoms with Crippen molar-refractivity contribution in [2.75, 3.05) is 0 Å². The van der Waals surface area contributed by atoms with Gasteiger partial charge in [0.05, 0.1) is 12.5 Å². The summed E-state index contributed by atoms with van der Waals surface area (Å²) in [5.41, 5.74) is 3.22. The molecular formula is C14H14O2. The van der Waals surface area contributed by atoms with Crippen molar-refractivity contribution in [3.8, 4) is 0 Å². The molecule has 16 heavy (non-hydrogen) atoms. The Hall–Kier alpha value is -1.83. The number of furan rings is 1. The highest BCUT2D eigenvalue weighted by molar-refractivity contribution is 5.82. The second kappa shape index (κ2) is 4.79. The predicted molar refractivity (Wildman–Crippen MR) is 62.3 cm³/mol. The highest BCUT2D eigenvalue weighted by Gasteiger charge is 2.05. The number of carbonyl (C=O) groups excluding carboxylic acids is 1. The molecule has 1 aromatic carbocycles. The number of benzene rings is 1. The number of aryl methyl sites for hydroxylation is 1. The van der Waals surface area contributed by atoms with Gasteiger partial charge in [-0.2, -0.15) is 0 Å². The zero-order valence-corrected chi connectivity index (χ0v) is 9.27. The minimum atomic E-state index is 0.213. The summed E-state index contributed by atoms with van der Waals surface area (Å²) >= 11 is 0. The molecule has 0 bridgehead atoms. The summed E-state index contributed by atoms with van der Waals surface area (Å²) in [5.74, 6) is 0.213. The molecule has 0 aliphatic rings. The fourth-order valence-corrected chi connectivity index (χ4v) is 1.62. The van der Waals surface area contributed by atoms with Gasteiger partial charge in [-0.1, -0.05) is 29.8 Å². The van der Waals surface area contributed by atoms with Crippen LogP contribution in [0.15, 0.2) is 47.3 Å². The molecule has 1 aromatic heterocycles. The molecule has 0 saturated heterocycles. The SMILES string of the molecule is Cc1ccc(CC(=O)Cc2ccoc2)cc1. The molecule has 0 amide bonds. The molecule has 2 heteroatoms. The summed E-state index contributed by atoms with van der Waals surface area (Å²) < 4.78 is 4.93. The average Bonchev–Trinajstić information content (AvgIpc) is 2.74. The van der Waals surface area contributed by atoms with E-state index in [1.165, 1.54) is 5.56 Å². The standard InChI is InChI=1S/C14H14O2/c1-11-2-4-12(5-3-11)8-14(15)9-13-6-7-16-10-13/h2-7,10H,8-9H2,1H3. The van der Waals surface area contributed by atoms with Gasteiger partial charge in [-0.05, 0) is 24.1 Å². The lowest BCUT2D eigenvalue weighted by molar-refractivity contribution is -0.117. The molecule has 0 aliphatic carbocycles. The van der Waals surface area contributed by atoms with Crippen LogP contribution in [-0.4, -0.2) is 5.78 Å². The Morgan fingerprint density at radius 1 is 1.06 bits per heavy atom. The molecule has 0 aliphatic heterocycles. The Labute approximate surface area is 94.9 Å². The first-order valence-electron chi connectivity index (χ1n) is 5.32. The maximum atomic E-state index is 11.7. The Bertz CT molecular complexity index is 452. The minimum Gasteiger partial charge on any atom is -0.472 e. The average molecular weight is 214 g/mol. The summed E-state index contributed by atoms with van der Waals surface area (Å²) in [7, 11) is 0. The lowest BCUT2D eigenvalue weighted by Gasteiger charge is -2.00. The Morgan fingerprint density at radius 3 is 2.38 bits per heavy atom. The number of Topliss-reactive ketones (excluding diaryl/α,β-unsaturated/α-hetero) is 1. The minimum absolute atomic E-state index is 0.213. The number of carbonyl (C=O) groups is 1. The van der Waals surface area contributed by atoms with Crippen molar-refractivity contribution >= 4 is 5.78 Å². The summed E-state index contributed by atoms with van der Waals surface area (Å²) in [6.45, 7) is 2.04. The zero-order valence-electron chi connectivity index (χ0n) is 9.27. The summed E-state index contributed by atoms with van der Waals surface area (Å²) in [5, 5.41) is 0. The second-order valence-electron chi connectivity index (χ2n) is 4.01. The van der Waals surface area contributed by atoms with Crippen molar-refractivity contribution in [1.82, 2.24) is 0 Å². The largest absolute Gasteiger partial charge is 0.472 e. The molecule has 0 atom stereocenters. The fraction of sp³-hybridized carbons (Fsp3) is 0.214. The van der Waals surface area contributed by atoms with E-state index in [-0.39, 0.29) is 5.78 Å². The van der Waals surface area contributed by atoms with E-state index >= 15 is 0 Å². The Morgan fingerprint density at radius 2 is 1.75 bits per heavy atom. The summed E-state index contributed by atoms with van der Waals surface area (Å²) in [6.07, 6.45) is 4.15. The number of hydrogen-bond acceptors (Lipinski definition) is 2. The van der Waals surface area contributed by atoms with E-state index < -0.39 is 0 Å². The first-order valence-corrected chi connectivity index (χ1v) is 5.32. The third kappa shape index (κ3) is 2.83. The van der Waals surface area contributed by atoms with E-state index in [1.54, 1.807) is 12.5 Å². The van der Waals surface area contributed by atoms with E-state index in [0.717, 1.165) is 11.1 Å². The van der Waals surface area contributed by atoms with Crippen molar-refractivity contribution in [3.63, 3.8) is 0 Å². The van der Waals surface area contributed by atoms with E-state index in [2.05, 4.69) is 0 Å². The molecule has 0 radical (unpaired) electrons. The van der Waals surface area contributed by atoms with Crippen LogP contribution in [0.5, 0.6) is 0 Å². The summed E-state index contributed by atoms with van der Waals surface area (Å²) in [4.78, 5) is 11.7. The van der Waals surface area contributed by atoms with Gasteiger partial charge in [0.15, 0.2) is 0 Å². The third-order valence-corrected chi connectivity index (χ3v) is 2.50. The van der Waals surface area contributed by atoms with Crippen LogP contribution in [0, 0.1) is 6.92 Å². The number of ketones is 1. The lowest BCUT2D eigenvalue weighted by atomic mass is 10.0. The van der Waals surface area contributed by atoms with Gasteiger partial charge in [0.1, 0.15) is 5.78 Å². The fourth-order valence-electron chi connectivity index (χ4n) is 1.62. The molecule has 2 nitrogen and oxygen atoms in total. The van der Waals surface area contributed by atoms with E-state index in [0.29, 0.717) is 12.8 Å². The normalized spacial score (nSPS) is 10.3. The van der Waals surface area contributed by atoms with Gasteiger partial charge in [-0.3, -0.25) is 4.79 Å². The summed E-state index contributed by atoms with van der Waals surface area (Å²) in [6, 6.07) is 9.89. The monoisotopic (exact) mass is 214 g/mol. The van der Waals surface area contributed by atoms with Crippen LogP contribution in [0.25, 0.3) is 0 Å². The van der Waals surface area contributed by atoms with Gasteiger partial charge in [0.2, 0.25) is 0 Å². The van der Waals surface area contributed by atoms with Gasteiger partial charge in [-0.15, -0.1) is 0 Å². The van der Waals surface area contributed by atoms with Crippen LogP contribution in [-0.2, 0) is 17.6 Å². The highest BCUT2D eigenvalue weighted by atomic mass is 16.3. The van der Waals surface area contributed by atoms with Gasteiger partial charge < -0.3 is 4.42 Å². The number of rotatable bonds is 4. The van der Waals surface area contributed by atoms with Gasteiger partial charge in [0.25, 0.3) is 0 Å². The van der Waals surface area contributed by atoms with Crippen molar-refractivity contribution in [1.29, 1.82) is 0 Å². The van der Waals surface area contributed by atoms with Crippen molar-refractivity contribution in [2.24, 2.45) is 0 Å². The maximum absolute atomic E-state index is 11.7. The third-order valence-electron chi connectivity index (χ3n) is 2.50. The molecule has 82 valence electrons. The molecule has 2 rings (SSSR count). The van der Waals surface area contributed by atoms with Crippen LogP contribution in [0.2, 0.25) is 0 Å². The highest BCUT2D eigenvalue weighted by Crippen LogP contribution is 2.07. The van der Waals surface area contributed by atoms with Crippen LogP contribution in [0.1, 0.15) is 16.7 Å². The van der Waals surface area contributed by atoms with E-state index in [1.807, 2.05) is 37.3 Å². The molecule has 0 unspecified atom stereocenters. The van der Waals surface area contributed by atoms with Crippen LogP contribution in [0.3, 0.4) is 0 Å². The van der Waals surface area contributed by atoms with Crippen molar-refractivity contribution in [3.05, 3.63) is 59.5 Å². The van der Waals surface area contributed by atoms with E-state index in [4.69, 9.17) is 4.42 Å². The van der Waals surface area contributed by atoms with Crippen LogP contribution < -0.4 is 0 Å². The Balaban J connectivity index is 1.95. The quantitative estimate of drug-likeness (QED) is 0.783. The Kier molecular flexibility index (Phi) is 3.20. The molecular weight excluding hydrogens is 200 g/mol. The van der Waals surface area contributed by atoms with Crippen LogP contribution in [0.4, 0.5) is 0 Å². The first-order chi connectivity index (χ1) is 7.74. The smallest absolute Gasteiger partial charge is 0.141 e. The van der Waals surface area contributed by atoms with Gasteiger partial charge in [-0.25, -0.2) is 0 Å². The second-order valence-corrected chi connectivity index (χ2v) is 4.01. The molecule has 0 spiro atoms. The van der Waals surface area contributed by atoms with Crippen molar-refractivity contribution in [2.45, 2.75) is 19.8 Å². The lowest BCUT2D eigenvalue weighted by Crippen LogP contribution is -2.05. The molecule has 0 N–H and O–H groups in total. The molecule has 0 saturated carbocycles. The topological polar surface area (TPSA) is 30.2 Å².